The molecule has 102 valence electrons. The fourth-order valence-corrected chi connectivity index (χ4v) is 4.33. The van der Waals surface area contributed by atoms with Crippen LogP contribution in [0.1, 0.15) is 61.6 Å². The Morgan fingerprint density at radius 3 is 2.44 bits per heavy atom. The van der Waals surface area contributed by atoms with Crippen LogP contribution in [0.5, 0.6) is 0 Å². The summed E-state index contributed by atoms with van der Waals surface area (Å²) >= 11 is 2.01. The summed E-state index contributed by atoms with van der Waals surface area (Å²) in [6.07, 6.45) is 12.1. The number of aryl methyl sites for hydroxylation is 2. The standard InChI is InChI=1S/C16H27NS/c1-2-14-6-7-15(18-14)8-11-16(12-13-17)9-4-3-5-10-16/h6-7H,2-5,8-13,17H2,1H3. The molecule has 0 unspecified atom stereocenters. The van der Waals surface area contributed by atoms with E-state index in [-0.39, 0.29) is 0 Å². The van der Waals surface area contributed by atoms with Gasteiger partial charge < -0.3 is 5.73 Å². The van der Waals surface area contributed by atoms with Crippen LogP contribution in [-0.2, 0) is 12.8 Å². The number of hydrogen-bond acceptors (Lipinski definition) is 2. The lowest BCUT2D eigenvalue weighted by Crippen LogP contribution is -2.27. The second-order valence-corrected chi connectivity index (χ2v) is 7.07. The topological polar surface area (TPSA) is 26.0 Å². The Labute approximate surface area is 116 Å². The Bertz CT molecular complexity index is 344. The van der Waals surface area contributed by atoms with Crippen molar-refractivity contribution in [2.45, 2.75) is 64.7 Å². The van der Waals surface area contributed by atoms with Crippen molar-refractivity contribution >= 4 is 11.3 Å². The fourth-order valence-electron chi connectivity index (χ4n) is 3.37. The summed E-state index contributed by atoms with van der Waals surface area (Å²) in [5.74, 6) is 0. The van der Waals surface area contributed by atoms with Crippen molar-refractivity contribution in [2.24, 2.45) is 11.1 Å². The SMILES string of the molecule is CCc1ccc(CCC2(CCN)CCCCC2)s1. The molecule has 1 aliphatic rings. The zero-order chi connectivity index (χ0) is 12.8. The van der Waals surface area contributed by atoms with Crippen LogP contribution in [0.3, 0.4) is 0 Å². The molecule has 1 aliphatic carbocycles. The summed E-state index contributed by atoms with van der Waals surface area (Å²) < 4.78 is 0. The van der Waals surface area contributed by atoms with Crippen molar-refractivity contribution in [1.29, 1.82) is 0 Å². The van der Waals surface area contributed by atoms with Crippen LogP contribution in [0.15, 0.2) is 12.1 Å². The minimum atomic E-state index is 0.573. The van der Waals surface area contributed by atoms with Gasteiger partial charge in [0, 0.05) is 9.75 Å². The normalized spacial score (nSPS) is 19.0. The molecule has 0 aliphatic heterocycles. The largest absolute Gasteiger partial charge is 0.330 e. The van der Waals surface area contributed by atoms with Gasteiger partial charge in [-0.1, -0.05) is 26.2 Å². The fraction of sp³-hybridized carbons (Fsp3) is 0.750. The van der Waals surface area contributed by atoms with E-state index in [0.29, 0.717) is 5.41 Å². The highest BCUT2D eigenvalue weighted by molar-refractivity contribution is 7.11. The van der Waals surface area contributed by atoms with Gasteiger partial charge >= 0.3 is 0 Å². The van der Waals surface area contributed by atoms with E-state index in [1.54, 1.807) is 4.88 Å². The molecule has 2 N–H and O–H groups in total. The molecule has 1 aromatic rings. The molecule has 1 nitrogen and oxygen atoms in total. The van der Waals surface area contributed by atoms with E-state index in [9.17, 15) is 0 Å². The Balaban J connectivity index is 1.92. The van der Waals surface area contributed by atoms with Gasteiger partial charge in [0.15, 0.2) is 0 Å². The first-order valence-corrected chi connectivity index (χ1v) is 8.37. The molecule has 0 aromatic carbocycles. The number of thiophene rings is 1. The maximum atomic E-state index is 5.84. The van der Waals surface area contributed by atoms with Crippen LogP contribution in [0.4, 0.5) is 0 Å². The van der Waals surface area contributed by atoms with Crippen molar-refractivity contribution in [1.82, 2.24) is 0 Å². The second kappa shape index (κ2) is 6.72. The van der Waals surface area contributed by atoms with E-state index < -0.39 is 0 Å². The molecule has 1 saturated carbocycles. The van der Waals surface area contributed by atoms with E-state index in [2.05, 4.69) is 19.1 Å². The summed E-state index contributed by atoms with van der Waals surface area (Å²) in [5.41, 5.74) is 6.41. The third kappa shape index (κ3) is 3.58. The van der Waals surface area contributed by atoms with Crippen LogP contribution in [0.2, 0.25) is 0 Å². The van der Waals surface area contributed by atoms with Crippen molar-refractivity contribution < 1.29 is 0 Å². The Hall–Kier alpha value is -0.340. The highest BCUT2D eigenvalue weighted by Crippen LogP contribution is 2.43. The minimum Gasteiger partial charge on any atom is -0.330 e. The molecule has 0 atom stereocenters. The number of rotatable bonds is 6. The van der Waals surface area contributed by atoms with Gasteiger partial charge in [0.05, 0.1) is 0 Å². The Morgan fingerprint density at radius 2 is 1.83 bits per heavy atom. The minimum absolute atomic E-state index is 0.573. The summed E-state index contributed by atoms with van der Waals surface area (Å²) in [6.45, 7) is 3.11. The van der Waals surface area contributed by atoms with Gasteiger partial charge in [-0.15, -0.1) is 11.3 Å². The molecule has 0 bridgehead atoms. The van der Waals surface area contributed by atoms with Crippen molar-refractivity contribution in [2.75, 3.05) is 6.54 Å². The zero-order valence-electron chi connectivity index (χ0n) is 11.7. The summed E-state index contributed by atoms with van der Waals surface area (Å²) in [5, 5.41) is 0. The summed E-state index contributed by atoms with van der Waals surface area (Å²) in [6, 6.07) is 4.64. The van der Waals surface area contributed by atoms with E-state index >= 15 is 0 Å². The lowest BCUT2D eigenvalue weighted by molar-refractivity contribution is 0.161. The van der Waals surface area contributed by atoms with E-state index in [0.717, 1.165) is 6.54 Å². The first-order valence-electron chi connectivity index (χ1n) is 7.56. The summed E-state index contributed by atoms with van der Waals surface area (Å²) in [4.78, 5) is 3.11. The predicted molar refractivity (Wildman–Crippen MR) is 81.2 cm³/mol. The summed E-state index contributed by atoms with van der Waals surface area (Å²) in [7, 11) is 0. The van der Waals surface area contributed by atoms with Crippen LogP contribution in [0.25, 0.3) is 0 Å². The molecule has 0 spiro atoms. The average molecular weight is 265 g/mol. The van der Waals surface area contributed by atoms with Crippen molar-refractivity contribution in [3.63, 3.8) is 0 Å². The van der Waals surface area contributed by atoms with E-state index in [1.165, 1.54) is 62.7 Å². The van der Waals surface area contributed by atoms with Gasteiger partial charge in [0.2, 0.25) is 0 Å². The molecule has 0 amide bonds. The van der Waals surface area contributed by atoms with Crippen molar-refractivity contribution in [3.8, 4) is 0 Å². The molecule has 18 heavy (non-hydrogen) atoms. The molecular formula is C16H27NS. The maximum absolute atomic E-state index is 5.84. The highest BCUT2D eigenvalue weighted by atomic mass is 32.1. The Kier molecular flexibility index (Phi) is 5.25. The zero-order valence-corrected chi connectivity index (χ0v) is 12.5. The average Bonchev–Trinajstić information content (AvgIpc) is 2.86. The van der Waals surface area contributed by atoms with Gasteiger partial charge in [-0.2, -0.15) is 0 Å². The van der Waals surface area contributed by atoms with Gasteiger partial charge in [-0.05, 0) is 62.6 Å². The highest BCUT2D eigenvalue weighted by Gasteiger charge is 2.30. The van der Waals surface area contributed by atoms with E-state index in [1.807, 2.05) is 11.3 Å². The van der Waals surface area contributed by atoms with Gasteiger partial charge in [0.25, 0.3) is 0 Å². The lowest BCUT2D eigenvalue weighted by atomic mass is 9.69. The second-order valence-electron chi connectivity index (χ2n) is 5.82. The van der Waals surface area contributed by atoms with Crippen LogP contribution in [0, 0.1) is 5.41 Å². The number of nitrogens with two attached hydrogens (primary N) is 1. The van der Waals surface area contributed by atoms with E-state index in [4.69, 9.17) is 5.73 Å². The monoisotopic (exact) mass is 265 g/mol. The molecule has 1 heterocycles. The molecule has 0 saturated heterocycles. The first-order chi connectivity index (χ1) is 8.78. The lowest BCUT2D eigenvalue weighted by Gasteiger charge is -2.37. The Morgan fingerprint density at radius 1 is 1.11 bits per heavy atom. The van der Waals surface area contributed by atoms with Gasteiger partial charge in [0.1, 0.15) is 0 Å². The molecular weight excluding hydrogens is 238 g/mol. The quantitative estimate of drug-likeness (QED) is 0.802. The molecule has 1 fully saturated rings. The first kappa shape index (κ1) is 14.1. The van der Waals surface area contributed by atoms with Crippen molar-refractivity contribution in [3.05, 3.63) is 21.9 Å². The third-order valence-corrected chi connectivity index (χ3v) is 5.85. The van der Waals surface area contributed by atoms with Gasteiger partial charge in [-0.3, -0.25) is 0 Å². The third-order valence-electron chi connectivity index (χ3n) is 4.56. The predicted octanol–water partition coefficient (Wildman–Crippen LogP) is 4.54. The van der Waals surface area contributed by atoms with Crippen LogP contribution in [-0.4, -0.2) is 6.54 Å². The van der Waals surface area contributed by atoms with Crippen LogP contribution >= 0.6 is 11.3 Å². The molecule has 1 aromatic heterocycles. The van der Waals surface area contributed by atoms with Gasteiger partial charge in [-0.25, -0.2) is 0 Å². The maximum Gasteiger partial charge on any atom is 0.00483 e. The molecule has 2 heteroatoms. The smallest absolute Gasteiger partial charge is 0.00483 e. The number of hydrogen-bond donors (Lipinski definition) is 1. The van der Waals surface area contributed by atoms with Crippen LogP contribution < -0.4 is 5.73 Å². The molecule has 0 radical (unpaired) electrons. The molecule has 2 rings (SSSR count).